The molecule has 1 amide bonds. The minimum absolute atomic E-state index is 0.0283. The van der Waals surface area contributed by atoms with E-state index in [0.717, 1.165) is 23.4 Å². The van der Waals surface area contributed by atoms with Crippen LogP contribution in [-0.2, 0) is 10.3 Å². The maximum Gasteiger partial charge on any atom is 0.220 e. The first-order valence-electron chi connectivity index (χ1n) is 9.37. The van der Waals surface area contributed by atoms with Crippen molar-refractivity contribution in [3.8, 4) is 0 Å². The molecule has 2 aromatic rings. The number of aliphatic hydroxyl groups excluding tert-OH is 1. The summed E-state index contributed by atoms with van der Waals surface area (Å²) < 4.78 is 28.3. The first kappa shape index (κ1) is 18.6. The molecule has 0 bridgehead atoms. The molecule has 2 heterocycles. The number of aliphatic hydroxyl groups is 1. The topological polar surface area (TPSA) is 52.6 Å². The Morgan fingerprint density at radius 3 is 2.82 bits per heavy atom. The highest BCUT2D eigenvalue weighted by Crippen LogP contribution is 2.51. The predicted molar refractivity (Wildman–Crippen MR) is 104 cm³/mol. The Morgan fingerprint density at radius 2 is 2.07 bits per heavy atom. The Labute approximate surface area is 162 Å². The summed E-state index contributed by atoms with van der Waals surface area (Å²) in [5.74, 6) is -1.30. The molecule has 0 radical (unpaired) electrons. The molecule has 2 atom stereocenters. The molecule has 0 saturated carbocycles. The highest BCUT2D eigenvalue weighted by molar-refractivity contribution is 5.84. The van der Waals surface area contributed by atoms with Crippen molar-refractivity contribution in [1.82, 2.24) is 4.90 Å². The molecule has 0 aliphatic carbocycles. The van der Waals surface area contributed by atoms with E-state index in [9.17, 15) is 18.7 Å². The highest BCUT2D eigenvalue weighted by atomic mass is 19.1. The van der Waals surface area contributed by atoms with Gasteiger partial charge in [-0.05, 0) is 42.3 Å². The van der Waals surface area contributed by atoms with E-state index in [-0.39, 0.29) is 30.5 Å². The number of nitrogens with zero attached hydrogens (tertiary/aromatic N) is 1. The number of amides is 1. The van der Waals surface area contributed by atoms with Gasteiger partial charge in [0.2, 0.25) is 5.91 Å². The summed E-state index contributed by atoms with van der Waals surface area (Å²) in [7, 11) is 0. The number of hydrogen-bond acceptors (Lipinski definition) is 3. The van der Waals surface area contributed by atoms with Gasteiger partial charge in [0.25, 0.3) is 0 Å². The van der Waals surface area contributed by atoms with Gasteiger partial charge in [-0.15, -0.1) is 0 Å². The lowest BCUT2D eigenvalue weighted by molar-refractivity contribution is -0.134. The zero-order valence-corrected chi connectivity index (χ0v) is 15.6. The first-order valence-corrected chi connectivity index (χ1v) is 9.37. The predicted octanol–water partition coefficient (Wildman–Crippen LogP) is 3.53. The number of halogens is 2. The summed E-state index contributed by atoms with van der Waals surface area (Å²) in [5, 5.41) is 13.0. The van der Waals surface area contributed by atoms with E-state index in [1.165, 1.54) is 13.0 Å². The van der Waals surface area contributed by atoms with Gasteiger partial charge in [-0.3, -0.25) is 4.79 Å². The van der Waals surface area contributed by atoms with Crippen LogP contribution in [0.5, 0.6) is 0 Å². The Kier molecular flexibility index (Phi) is 4.67. The van der Waals surface area contributed by atoms with Gasteiger partial charge in [0.1, 0.15) is 11.6 Å². The number of nitrogens with one attached hydrogen (secondary N) is 1. The monoisotopic (exact) mass is 384 g/mol. The second-order valence-electron chi connectivity index (χ2n) is 7.36. The number of hydrogen-bond donors (Lipinski definition) is 2. The van der Waals surface area contributed by atoms with Crippen LogP contribution in [0.4, 0.5) is 14.5 Å². The molecule has 0 aromatic heterocycles. The summed E-state index contributed by atoms with van der Waals surface area (Å²) in [6.07, 6.45) is 2.37. The molecule has 2 aromatic carbocycles. The third-order valence-electron chi connectivity index (χ3n) is 5.82. The van der Waals surface area contributed by atoms with Crippen molar-refractivity contribution in [2.45, 2.75) is 18.9 Å². The lowest BCUT2D eigenvalue weighted by Crippen LogP contribution is -2.54. The number of anilines is 1. The molecule has 28 heavy (non-hydrogen) atoms. The molecule has 2 N–H and O–H groups in total. The van der Waals surface area contributed by atoms with Gasteiger partial charge in [0.15, 0.2) is 0 Å². The molecule has 2 unspecified atom stereocenters. The van der Waals surface area contributed by atoms with Crippen LogP contribution >= 0.6 is 0 Å². The van der Waals surface area contributed by atoms with Gasteiger partial charge in [0, 0.05) is 49.4 Å². The molecule has 4 rings (SSSR count). The lowest BCUT2D eigenvalue weighted by atomic mass is 9.72. The molecule has 2 aliphatic rings. The molecule has 4 nitrogen and oxygen atoms in total. The van der Waals surface area contributed by atoms with Crippen LogP contribution in [0.3, 0.4) is 0 Å². The van der Waals surface area contributed by atoms with E-state index in [4.69, 9.17) is 0 Å². The number of fused-ring (bicyclic) bond motifs is 2. The Hall–Kier alpha value is -2.73. The molecular weight excluding hydrogens is 362 g/mol. The van der Waals surface area contributed by atoms with Gasteiger partial charge in [-0.1, -0.05) is 18.2 Å². The average Bonchev–Trinajstić information content (AvgIpc) is 3.08. The molecule has 1 spiro atoms. The van der Waals surface area contributed by atoms with Crippen molar-refractivity contribution in [2.75, 3.05) is 25.0 Å². The Balaban J connectivity index is 1.95. The summed E-state index contributed by atoms with van der Waals surface area (Å²) in [5.41, 5.74) is 1.74. The van der Waals surface area contributed by atoms with Crippen LogP contribution < -0.4 is 5.32 Å². The van der Waals surface area contributed by atoms with Crippen LogP contribution in [0.25, 0.3) is 5.57 Å². The zero-order valence-electron chi connectivity index (χ0n) is 15.6. The van der Waals surface area contributed by atoms with Crippen molar-refractivity contribution >= 4 is 17.2 Å². The molecular formula is C22H22F2N2O2. The normalized spacial score (nSPS) is 23.4. The lowest BCUT2D eigenvalue weighted by Gasteiger charge is -2.48. The maximum atomic E-state index is 14.5. The van der Waals surface area contributed by atoms with Crippen LogP contribution in [-0.4, -0.2) is 35.6 Å². The third-order valence-corrected chi connectivity index (χ3v) is 5.82. The molecule has 6 heteroatoms. The molecule has 146 valence electrons. The standard InChI is InChI=1S/C22H22F2N2O2/c1-14(28)26-13-15(18-10-17(23)6-7-20(18)24)11-22(26)16(8-9-27)12-25-21-5-3-2-4-19(21)22/h2-7,10-11,16,25,27H,8-9,12-13H2,1H3. The number of carbonyl (C=O) groups is 1. The fourth-order valence-corrected chi connectivity index (χ4v) is 4.60. The number of carbonyl (C=O) groups excluding carboxylic acids is 1. The minimum Gasteiger partial charge on any atom is -0.396 e. The van der Waals surface area contributed by atoms with E-state index >= 15 is 0 Å². The van der Waals surface area contributed by atoms with Crippen molar-refractivity contribution in [2.24, 2.45) is 5.92 Å². The van der Waals surface area contributed by atoms with Crippen molar-refractivity contribution < 1.29 is 18.7 Å². The maximum absolute atomic E-state index is 14.5. The average molecular weight is 384 g/mol. The molecule has 0 fully saturated rings. The van der Waals surface area contributed by atoms with Crippen molar-refractivity contribution in [3.63, 3.8) is 0 Å². The summed E-state index contributed by atoms with van der Waals surface area (Å²) in [6.45, 7) is 2.21. The fourth-order valence-electron chi connectivity index (χ4n) is 4.60. The molecule has 0 saturated heterocycles. The third kappa shape index (κ3) is 2.79. The van der Waals surface area contributed by atoms with Gasteiger partial charge in [-0.2, -0.15) is 0 Å². The van der Waals surface area contributed by atoms with E-state index < -0.39 is 17.2 Å². The fraction of sp³-hybridized carbons (Fsp3) is 0.318. The summed E-state index contributed by atoms with van der Waals surface area (Å²) >= 11 is 0. The van der Waals surface area contributed by atoms with E-state index in [1.807, 2.05) is 30.3 Å². The van der Waals surface area contributed by atoms with Crippen LogP contribution in [0.1, 0.15) is 24.5 Å². The Bertz CT molecular complexity index is 959. The van der Waals surface area contributed by atoms with E-state index in [0.29, 0.717) is 18.5 Å². The summed E-state index contributed by atoms with van der Waals surface area (Å²) in [6, 6.07) is 11.1. The number of benzene rings is 2. The van der Waals surface area contributed by atoms with Gasteiger partial charge in [0.05, 0.1) is 5.54 Å². The van der Waals surface area contributed by atoms with Crippen LogP contribution in [0, 0.1) is 17.6 Å². The number of para-hydroxylation sites is 1. The van der Waals surface area contributed by atoms with Crippen molar-refractivity contribution in [3.05, 3.63) is 71.3 Å². The Morgan fingerprint density at radius 1 is 1.29 bits per heavy atom. The quantitative estimate of drug-likeness (QED) is 0.851. The number of rotatable bonds is 3. The minimum atomic E-state index is -0.815. The van der Waals surface area contributed by atoms with Crippen LogP contribution in [0.15, 0.2) is 48.5 Å². The largest absolute Gasteiger partial charge is 0.396 e. The molecule has 2 aliphatic heterocycles. The van der Waals surface area contributed by atoms with Gasteiger partial charge < -0.3 is 15.3 Å². The zero-order chi connectivity index (χ0) is 19.9. The van der Waals surface area contributed by atoms with Gasteiger partial charge >= 0.3 is 0 Å². The summed E-state index contributed by atoms with van der Waals surface area (Å²) in [4.78, 5) is 14.4. The van der Waals surface area contributed by atoms with Crippen LogP contribution in [0.2, 0.25) is 0 Å². The second-order valence-corrected chi connectivity index (χ2v) is 7.36. The van der Waals surface area contributed by atoms with E-state index in [2.05, 4.69) is 5.32 Å². The smallest absolute Gasteiger partial charge is 0.220 e. The SMILES string of the molecule is CC(=O)N1CC(c2cc(F)ccc2F)=CC12c1ccccc1NCC2CCO. The highest BCUT2D eigenvalue weighted by Gasteiger charge is 2.51. The van der Waals surface area contributed by atoms with Gasteiger partial charge in [-0.25, -0.2) is 8.78 Å². The second kappa shape index (κ2) is 7.02. The van der Waals surface area contributed by atoms with E-state index in [1.54, 1.807) is 4.90 Å². The first-order chi connectivity index (χ1) is 13.5. The van der Waals surface area contributed by atoms with Crippen molar-refractivity contribution in [1.29, 1.82) is 0 Å².